The third-order valence-corrected chi connectivity index (χ3v) is 4.39. The van der Waals surface area contributed by atoms with Crippen molar-refractivity contribution in [2.75, 3.05) is 20.1 Å². The van der Waals surface area contributed by atoms with Crippen LogP contribution in [0.3, 0.4) is 0 Å². The lowest BCUT2D eigenvalue weighted by Crippen LogP contribution is -2.36. The summed E-state index contributed by atoms with van der Waals surface area (Å²) in [7, 11) is 2.05. The molecule has 0 heterocycles. The Balaban J connectivity index is 2.67. The van der Waals surface area contributed by atoms with Crippen LogP contribution >= 0.6 is 15.9 Å². The Hall–Kier alpha value is -0.380. The maximum Gasteiger partial charge on any atom is 0.0340 e. The van der Waals surface area contributed by atoms with Crippen molar-refractivity contribution in [3.63, 3.8) is 0 Å². The minimum Gasteiger partial charge on any atom is -0.313 e. The molecule has 0 radical (unpaired) electrons. The summed E-state index contributed by atoms with van der Waals surface area (Å²) in [5.41, 5.74) is 1.35. The van der Waals surface area contributed by atoms with Crippen LogP contribution in [0.15, 0.2) is 28.7 Å². The number of halogens is 1. The molecular formula is C17H29BrN2. The minimum absolute atomic E-state index is 0.402. The maximum atomic E-state index is 3.66. The molecule has 0 aliphatic heterocycles. The van der Waals surface area contributed by atoms with Gasteiger partial charge in [-0.2, -0.15) is 0 Å². The first-order chi connectivity index (χ1) is 9.45. The molecule has 1 aromatic rings. The van der Waals surface area contributed by atoms with Crippen LogP contribution in [0.25, 0.3) is 0 Å². The van der Waals surface area contributed by atoms with Crippen molar-refractivity contribution in [2.45, 2.75) is 46.2 Å². The maximum absolute atomic E-state index is 3.66. The smallest absolute Gasteiger partial charge is 0.0340 e. The summed E-state index contributed by atoms with van der Waals surface area (Å²) in [6.07, 6.45) is 1.13. The van der Waals surface area contributed by atoms with E-state index >= 15 is 0 Å². The second-order valence-corrected chi connectivity index (χ2v) is 6.99. The summed E-state index contributed by atoms with van der Waals surface area (Å²) in [6.45, 7) is 11.5. The van der Waals surface area contributed by atoms with Crippen LogP contribution in [0.1, 0.15) is 45.7 Å². The number of nitrogens with one attached hydrogen (secondary N) is 1. The van der Waals surface area contributed by atoms with Gasteiger partial charge < -0.3 is 10.2 Å². The van der Waals surface area contributed by atoms with Gasteiger partial charge in [0.1, 0.15) is 0 Å². The molecule has 0 saturated carbocycles. The van der Waals surface area contributed by atoms with Crippen molar-refractivity contribution in [3.05, 3.63) is 34.3 Å². The van der Waals surface area contributed by atoms with Crippen molar-refractivity contribution in [1.82, 2.24) is 10.2 Å². The molecule has 1 atom stereocenters. The molecule has 114 valence electrons. The van der Waals surface area contributed by atoms with Gasteiger partial charge >= 0.3 is 0 Å². The van der Waals surface area contributed by atoms with Gasteiger partial charge in [-0.05, 0) is 44.9 Å². The number of rotatable bonds is 8. The van der Waals surface area contributed by atoms with Crippen molar-refractivity contribution < 1.29 is 0 Å². The molecule has 0 spiro atoms. The van der Waals surface area contributed by atoms with Gasteiger partial charge in [0.25, 0.3) is 0 Å². The average molecular weight is 341 g/mol. The second-order valence-electron chi connectivity index (χ2n) is 6.13. The standard InChI is InChI=1S/C17H29BrN2/c1-13(2)12-20(14(3)4)11-10-17(19-5)15-8-6-7-9-16(15)18/h6-9,13-14,17,19H,10-12H2,1-5H3. The quantitative estimate of drug-likeness (QED) is 0.751. The molecule has 0 aliphatic carbocycles. The van der Waals surface area contributed by atoms with Gasteiger partial charge in [-0.1, -0.05) is 48.0 Å². The predicted molar refractivity (Wildman–Crippen MR) is 92.1 cm³/mol. The molecule has 0 fully saturated rings. The molecule has 0 aromatic heterocycles. The van der Waals surface area contributed by atoms with Gasteiger partial charge in [0.15, 0.2) is 0 Å². The molecule has 3 heteroatoms. The number of hydrogen-bond donors (Lipinski definition) is 1. The molecular weight excluding hydrogens is 312 g/mol. The molecule has 0 bridgehead atoms. The van der Waals surface area contributed by atoms with Crippen LogP contribution in [-0.4, -0.2) is 31.1 Å². The molecule has 1 rings (SSSR count). The molecule has 20 heavy (non-hydrogen) atoms. The molecule has 0 saturated heterocycles. The third-order valence-electron chi connectivity index (χ3n) is 3.66. The van der Waals surface area contributed by atoms with E-state index < -0.39 is 0 Å². The Morgan fingerprint density at radius 3 is 2.30 bits per heavy atom. The normalized spacial score (nSPS) is 13.4. The van der Waals surface area contributed by atoms with Gasteiger partial charge in [0, 0.05) is 29.6 Å². The molecule has 1 N–H and O–H groups in total. The minimum atomic E-state index is 0.402. The second kappa shape index (κ2) is 8.81. The van der Waals surface area contributed by atoms with E-state index in [0.717, 1.165) is 13.0 Å². The van der Waals surface area contributed by atoms with E-state index in [2.05, 4.69) is 78.1 Å². The Morgan fingerprint density at radius 1 is 1.15 bits per heavy atom. The zero-order valence-electron chi connectivity index (χ0n) is 13.5. The predicted octanol–water partition coefficient (Wildman–Crippen LogP) is 4.47. The fraction of sp³-hybridized carbons (Fsp3) is 0.647. The monoisotopic (exact) mass is 340 g/mol. The Bertz CT molecular complexity index is 390. The van der Waals surface area contributed by atoms with Gasteiger partial charge in [-0.15, -0.1) is 0 Å². The Morgan fingerprint density at radius 2 is 1.80 bits per heavy atom. The summed E-state index contributed by atoms with van der Waals surface area (Å²) < 4.78 is 1.19. The Kier molecular flexibility index (Phi) is 7.78. The lowest BCUT2D eigenvalue weighted by atomic mass is 10.0. The van der Waals surface area contributed by atoms with Crippen LogP contribution in [0, 0.1) is 5.92 Å². The SMILES string of the molecule is CNC(CCN(CC(C)C)C(C)C)c1ccccc1Br. The van der Waals surface area contributed by atoms with Gasteiger partial charge in [0.2, 0.25) is 0 Å². The van der Waals surface area contributed by atoms with Crippen LogP contribution in [0.4, 0.5) is 0 Å². The van der Waals surface area contributed by atoms with Gasteiger partial charge in [0.05, 0.1) is 0 Å². The van der Waals surface area contributed by atoms with Crippen molar-refractivity contribution in [1.29, 1.82) is 0 Å². The van der Waals surface area contributed by atoms with Crippen molar-refractivity contribution >= 4 is 15.9 Å². The first-order valence-electron chi connectivity index (χ1n) is 7.61. The van der Waals surface area contributed by atoms with Gasteiger partial charge in [-0.25, -0.2) is 0 Å². The lowest BCUT2D eigenvalue weighted by Gasteiger charge is -2.30. The third kappa shape index (κ3) is 5.55. The number of nitrogens with zero attached hydrogens (tertiary/aromatic N) is 1. The average Bonchev–Trinajstić information content (AvgIpc) is 2.39. The molecule has 1 aromatic carbocycles. The highest BCUT2D eigenvalue weighted by Gasteiger charge is 2.16. The van der Waals surface area contributed by atoms with E-state index in [4.69, 9.17) is 0 Å². The van der Waals surface area contributed by atoms with E-state index in [-0.39, 0.29) is 0 Å². The van der Waals surface area contributed by atoms with Gasteiger partial charge in [-0.3, -0.25) is 0 Å². The van der Waals surface area contributed by atoms with Crippen molar-refractivity contribution in [3.8, 4) is 0 Å². The molecule has 2 nitrogen and oxygen atoms in total. The van der Waals surface area contributed by atoms with Crippen LogP contribution in [-0.2, 0) is 0 Å². The van der Waals surface area contributed by atoms with E-state index in [0.29, 0.717) is 18.0 Å². The first kappa shape index (κ1) is 17.7. The zero-order chi connectivity index (χ0) is 15.1. The van der Waals surface area contributed by atoms with Crippen LogP contribution in [0.5, 0.6) is 0 Å². The molecule has 0 amide bonds. The highest BCUT2D eigenvalue weighted by molar-refractivity contribution is 9.10. The van der Waals surface area contributed by atoms with E-state index in [1.807, 2.05) is 7.05 Å². The number of benzene rings is 1. The number of hydrogen-bond acceptors (Lipinski definition) is 2. The van der Waals surface area contributed by atoms with E-state index in [1.165, 1.54) is 16.6 Å². The topological polar surface area (TPSA) is 15.3 Å². The lowest BCUT2D eigenvalue weighted by molar-refractivity contribution is 0.188. The zero-order valence-corrected chi connectivity index (χ0v) is 15.1. The van der Waals surface area contributed by atoms with Crippen molar-refractivity contribution in [2.24, 2.45) is 5.92 Å². The largest absolute Gasteiger partial charge is 0.313 e. The van der Waals surface area contributed by atoms with Crippen LogP contribution in [0.2, 0.25) is 0 Å². The Labute approximate surface area is 133 Å². The summed E-state index contributed by atoms with van der Waals surface area (Å²) in [5, 5.41) is 3.45. The molecule has 1 unspecified atom stereocenters. The fourth-order valence-corrected chi connectivity index (χ4v) is 3.10. The molecule has 0 aliphatic rings. The van der Waals surface area contributed by atoms with Crippen LogP contribution < -0.4 is 5.32 Å². The van der Waals surface area contributed by atoms with E-state index in [9.17, 15) is 0 Å². The highest BCUT2D eigenvalue weighted by atomic mass is 79.9. The summed E-state index contributed by atoms with van der Waals surface area (Å²) in [5.74, 6) is 0.717. The summed E-state index contributed by atoms with van der Waals surface area (Å²) in [4.78, 5) is 2.58. The summed E-state index contributed by atoms with van der Waals surface area (Å²) >= 11 is 3.66. The fourth-order valence-electron chi connectivity index (χ4n) is 2.54. The van der Waals surface area contributed by atoms with E-state index in [1.54, 1.807) is 0 Å². The highest BCUT2D eigenvalue weighted by Crippen LogP contribution is 2.25. The summed E-state index contributed by atoms with van der Waals surface area (Å²) in [6, 6.07) is 9.51. The first-order valence-corrected chi connectivity index (χ1v) is 8.40.